The third-order valence-electron chi connectivity index (χ3n) is 4.16. The largest absolute Gasteiger partial charge is 0.385 e. The SMILES string of the molecule is CC1CCNCC1NC(=O)CCCNc1ccc([N+](=O)[O-])cc1. The number of nitrogens with zero attached hydrogens (tertiary/aromatic N) is 1. The average Bonchev–Trinajstić information content (AvgIpc) is 2.54. The molecule has 2 unspecified atom stereocenters. The van der Waals surface area contributed by atoms with Crippen molar-refractivity contribution in [2.75, 3.05) is 25.0 Å². The Labute approximate surface area is 136 Å². The van der Waals surface area contributed by atoms with E-state index < -0.39 is 4.92 Å². The number of carbonyl (C=O) groups excluding carboxylic acids is 1. The molecular formula is C16H24N4O3. The molecule has 1 fully saturated rings. The second-order valence-electron chi connectivity index (χ2n) is 5.98. The second kappa shape index (κ2) is 8.47. The molecule has 23 heavy (non-hydrogen) atoms. The first-order valence-corrected chi connectivity index (χ1v) is 8.04. The fourth-order valence-corrected chi connectivity index (χ4v) is 2.64. The highest BCUT2D eigenvalue weighted by Gasteiger charge is 2.22. The number of benzene rings is 1. The van der Waals surface area contributed by atoms with E-state index >= 15 is 0 Å². The Balaban J connectivity index is 1.64. The number of piperidine rings is 1. The summed E-state index contributed by atoms with van der Waals surface area (Å²) in [6, 6.07) is 6.50. The number of rotatable bonds is 7. The Morgan fingerprint density at radius 2 is 2.13 bits per heavy atom. The van der Waals surface area contributed by atoms with Gasteiger partial charge in [-0.3, -0.25) is 14.9 Å². The lowest BCUT2D eigenvalue weighted by Gasteiger charge is -2.30. The van der Waals surface area contributed by atoms with Gasteiger partial charge in [-0.25, -0.2) is 0 Å². The van der Waals surface area contributed by atoms with Crippen LogP contribution in [-0.4, -0.2) is 36.5 Å². The van der Waals surface area contributed by atoms with Gasteiger partial charge in [0, 0.05) is 43.4 Å². The van der Waals surface area contributed by atoms with Crippen molar-refractivity contribution < 1.29 is 9.72 Å². The van der Waals surface area contributed by atoms with Gasteiger partial charge in [0.25, 0.3) is 5.69 Å². The molecule has 0 radical (unpaired) electrons. The highest BCUT2D eigenvalue weighted by Crippen LogP contribution is 2.15. The summed E-state index contributed by atoms with van der Waals surface area (Å²) >= 11 is 0. The summed E-state index contributed by atoms with van der Waals surface area (Å²) in [6.45, 7) is 4.69. The van der Waals surface area contributed by atoms with Gasteiger partial charge in [-0.05, 0) is 37.4 Å². The first-order chi connectivity index (χ1) is 11.1. The quantitative estimate of drug-likeness (QED) is 0.405. The third-order valence-corrected chi connectivity index (χ3v) is 4.16. The minimum absolute atomic E-state index is 0.0742. The van der Waals surface area contributed by atoms with Crippen LogP contribution in [0.1, 0.15) is 26.2 Å². The standard InChI is InChI=1S/C16H24N4O3/c1-12-8-10-17-11-15(12)19-16(21)3-2-9-18-13-4-6-14(7-5-13)20(22)23/h4-7,12,15,17-18H,2-3,8-11H2,1H3,(H,19,21). The Morgan fingerprint density at radius 3 is 2.78 bits per heavy atom. The maximum atomic E-state index is 11.9. The van der Waals surface area contributed by atoms with Gasteiger partial charge in [-0.15, -0.1) is 0 Å². The summed E-state index contributed by atoms with van der Waals surface area (Å²) in [7, 11) is 0. The van der Waals surface area contributed by atoms with Crippen LogP contribution in [0.2, 0.25) is 0 Å². The van der Waals surface area contributed by atoms with Crippen LogP contribution >= 0.6 is 0 Å². The summed E-state index contributed by atoms with van der Waals surface area (Å²) in [5.41, 5.74) is 0.895. The number of carbonyl (C=O) groups is 1. The van der Waals surface area contributed by atoms with Crippen LogP contribution in [0.4, 0.5) is 11.4 Å². The van der Waals surface area contributed by atoms with Crippen molar-refractivity contribution in [1.29, 1.82) is 0 Å². The van der Waals surface area contributed by atoms with E-state index in [1.54, 1.807) is 12.1 Å². The smallest absolute Gasteiger partial charge is 0.269 e. The Morgan fingerprint density at radius 1 is 1.39 bits per heavy atom. The number of amides is 1. The number of nitro groups is 1. The molecule has 2 atom stereocenters. The van der Waals surface area contributed by atoms with Crippen molar-refractivity contribution in [2.24, 2.45) is 5.92 Å². The Kier molecular flexibility index (Phi) is 6.34. The number of non-ortho nitro benzene ring substituents is 1. The molecule has 2 rings (SSSR count). The number of nitrogens with one attached hydrogen (secondary N) is 3. The van der Waals surface area contributed by atoms with Gasteiger partial charge in [0.05, 0.1) is 4.92 Å². The fourth-order valence-electron chi connectivity index (χ4n) is 2.64. The zero-order valence-electron chi connectivity index (χ0n) is 13.4. The maximum absolute atomic E-state index is 11.9. The van der Waals surface area contributed by atoms with Crippen molar-refractivity contribution >= 4 is 17.3 Å². The predicted octanol–water partition coefficient (Wildman–Crippen LogP) is 1.90. The van der Waals surface area contributed by atoms with E-state index in [-0.39, 0.29) is 17.6 Å². The highest BCUT2D eigenvalue weighted by molar-refractivity contribution is 5.76. The highest BCUT2D eigenvalue weighted by atomic mass is 16.6. The molecule has 1 aromatic carbocycles. The molecule has 0 aliphatic carbocycles. The van der Waals surface area contributed by atoms with Crippen molar-refractivity contribution in [3.05, 3.63) is 34.4 Å². The summed E-state index contributed by atoms with van der Waals surface area (Å²) in [6.07, 6.45) is 2.28. The molecule has 1 amide bonds. The van der Waals surface area contributed by atoms with Crippen LogP contribution in [-0.2, 0) is 4.79 Å². The molecule has 1 saturated heterocycles. The lowest BCUT2D eigenvalue weighted by Crippen LogP contribution is -2.50. The molecule has 126 valence electrons. The maximum Gasteiger partial charge on any atom is 0.269 e. The van der Waals surface area contributed by atoms with Crippen LogP contribution < -0.4 is 16.0 Å². The molecule has 7 heteroatoms. The van der Waals surface area contributed by atoms with Crippen molar-refractivity contribution in [3.8, 4) is 0 Å². The van der Waals surface area contributed by atoms with Crippen LogP contribution in [0, 0.1) is 16.0 Å². The Hall–Kier alpha value is -2.15. The lowest BCUT2D eigenvalue weighted by molar-refractivity contribution is -0.384. The van der Waals surface area contributed by atoms with Gasteiger partial charge in [0.2, 0.25) is 5.91 Å². The van der Waals surface area contributed by atoms with E-state index in [2.05, 4.69) is 22.9 Å². The summed E-state index contributed by atoms with van der Waals surface area (Å²) in [4.78, 5) is 22.1. The normalized spacial score (nSPS) is 20.7. The molecule has 1 aliphatic rings. The fraction of sp³-hybridized carbons (Fsp3) is 0.562. The molecule has 0 bridgehead atoms. The molecule has 0 saturated carbocycles. The zero-order valence-corrected chi connectivity index (χ0v) is 13.4. The van der Waals surface area contributed by atoms with Gasteiger partial charge >= 0.3 is 0 Å². The van der Waals surface area contributed by atoms with Gasteiger partial charge in [-0.1, -0.05) is 6.92 Å². The molecular weight excluding hydrogens is 296 g/mol. The molecule has 1 aliphatic heterocycles. The first kappa shape index (κ1) is 17.2. The van der Waals surface area contributed by atoms with Crippen LogP contribution in [0.3, 0.4) is 0 Å². The van der Waals surface area contributed by atoms with E-state index in [1.807, 2.05) is 0 Å². The zero-order chi connectivity index (χ0) is 16.7. The lowest BCUT2D eigenvalue weighted by atomic mass is 9.95. The average molecular weight is 320 g/mol. The number of hydrogen-bond donors (Lipinski definition) is 3. The van der Waals surface area contributed by atoms with E-state index in [9.17, 15) is 14.9 Å². The topological polar surface area (TPSA) is 96.3 Å². The summed E-state index contributed by atoms with van der Waals surface area (Å²) in [5, 5.41) is 20.1. The molecule has 0 aromatic heterocycles. The van der Waals surface area contributed by atoms with Crippen LogP contribution in [0.15, 0.2) is 24.3 Å². The molecule has 1 aromatic rings. The molecule has 0 spiro atoms. The van der Waals surface area contributed by atoms with Gasteiger partial charge in [0.15, 0.2) is 0 Å². The number of nitro benzene ring substituents is 1. The van der Waals surface area contributed by atoms with Crippen molar-refractivity contribution in [1.82, 2.24) is 10.6 Å². The van der Waals surface area contributed by atoms with Gasteiger partial charge in [-0.2, -0.15) is 0 Å². The van der Waals surface area contributed by atoms with Crippen LogP contribution in [0.5, 0.6) is 0 Å². The Bertz CT molecular complexity index is 533. The second-order valence-corrected chi connectivity index (χ2v) is 5.98. The molecule has 3 N–H and O–H groups in total. The molecule has 1 heterocycles. The van der Waals surface area contributed by atoms with Crippen molar-refractivity contribution in [2.45, 2.75) is 32.2 Å². The first-order valence-electron chi connectivity index (χ1n) is 8.04. The predicted molar refractivity (Wildman–Crippen MR) is 89.4 cm³/mol. The molecule has 7 nitrogen and oxygen atoms in total. The van der Waals surface area contributed by atoms with Crippen LogP contribution in [0.25, 0.3) is 0 Å². The minimum atomic E-state index is -0.421. The summed E-state index contributed by atoms with van der Waals surface area (Å²) < 4.78 is 0. The van der Waals surface area contributed by atoms with Gasteiger partial charge < -0.3 is 16.0 Å². The van der Waals surface area contributed by atoms with Crippen molar-refractivity contribution in [3.63, 3.8) is 0 Å². The monoisotopic (exact) mass is 320 g/mol. The third kappa shape index (κ3) is 5.52. The van der Waals surface area contributed by atoms with Gasteiger partial charge in [0.1, 0.15) is 0 Å². The summed E-state index contributed by atoms with van der Waals surface area (Å²) in [5.74, 6) is 0.592. The number of anilines is 1. The van der Waals surface area contributed by atoms with E-state index in [1.165, 1.54) is 12.1 Å². The number of hydrogen-bond acceptors (Lipinski definition) is 5. The van der Waals surface area contributed by atoms with E-state index in [4.69, 9.17) is 0 Å². The minimum Gasteiger partial charge on any atom is -0.385 e. The van der Waals surface area contributed by atoms with E-state index in [0.717, 1.165) is 31.6 Å². The van der Waals surface area contributed by atoms with E-state index in [0.29, 0.717) is 18.9 Å².